The number of benzene rings is 1. The number of thiazole rings is 1. The highest BCUT2D eigenvalue weighted by molar-refractivity contribution is 9.10. The number of aromatic nitrogens is 1. The lowest BCUT2D eigenvalue weighted by Crippen LogP contribution is -2.47. The van der Waals surface area contributed by atoms with Crippen LogP contribution in [-0.4, -0.2) is 46.3 Å². The standard InChI is InChI=1S/C19H23BrN4OS/c20-18-15(7-8-16-19(18)26-17(10-21)23-16)22-12-3-5-13(6-4-12)24-9-1-2-14(25)11-24/h7-8,12-14,22,25H,1-6,9,11H2/t12?,13?,14-/m0/s1. The number of halogens is 1. The predicted octanol–water partition coefficient (Wildman–Crippen LogP) is 4.11. The zero-order valence-electron chi connectivity index (χ0n) is 14.6. The van der Waals surface area contributed by atoms with Gasteiger partial charge < -0.3 is 10.4 Å². The van der Waals surface area contributed by atoms with Crippen molar-refractivity contribution in [3.63, 3.8) is 0 Å². The Bertz CT molecular complexity index is 825. The summed E-state index contributed by atoms with van der Waals surface area (Å²) in [5.74, 6) is 0. The van der Waals surface area contributed by atoms with Crippen LogP contribution in [0, 0.1) is 11.3 Å². The summed E-state index contributed by atoms with van der Waals surface area (Å²) in [5, 5.41) is 23.2. The van der Waals surface area contributed by atoms with Gasteiger partial charge in [-0.15, -0.1) is 11.3 Å². The van der Waals surface area contributed by atoms with Crippen molar-refractivity contribution in [2.24, 2.45) is 0 Å². The van der Waals surface area contributed by atoms with Crippen LogP contribution < -0.4 is 5.32 Å². The Hall–Kier alpha value is -1.20. The number of rotatable bonds is 3. The molecule has 1 aromatic carbocycles. The topological polar surface area (TPSA) is 72.2 Å². The van der Waals surface area contributed by atoms with E-state index in [0.717, 1.165) is 59.1 Å². The van der Waals surface area contributed by atoms with Crippen LogP contribution in [0.25, 0.3) is 10.2 Å². The smallest absolute Gasteiger partial charge is 0.195 e. The number of nitriles is 1. The van der Waals surface area contributed by atoms with Gasteiger partial charge in [0.25, 0.3) is 0 Å². The maximum atomic E-state index is 9.91. The molecule has 2 N–H and O–H groups in total. The number of aliphatic hydroxyl groups is 1. The van der Waals surface area contributed by atoms with Crippen LogP contribution in [0.4, 0.5) is 5.69 Å². The molecule has 2 aromatic rings. The van der Waals surface area contributed by atoms with Gasteiger partial charge in [-0.05, 0) is 73.1 Å². The second-order valence-corrected chi connectivity index (χ2v) is 9.14. The third-order valence-electron chi connectivity index (χ3n) is 5.59. The molecule has 1 aromatic heterocycles. The molecule has 7 heteroatoms. The van der Waals surface area contributed by atoms with Crippen LogP contribution in [0.2, 0.25) is 0 Å². The first-order valence-electron chi connectivity index (χ1n) is 9.32. The van der Waals surface area contributed by atoms with E-state index in [1.54, 1.807) is 0 Å². The number of hydrogen-bond acceptors (Lipinski definition) is 6. The molecule has 138 valence electrons. The Labute approximate surface area is 166 Å². The van der Waals surface area contributed by atoms with E-state index in [2.05, 4.69) is 43.3 Å². The first kappa shape index (κ1) is 18.2. The number of fused-ring (bicyclic) bond motifs is 1. The Morgan fingerprint density at radius 3 is 2.81 bits per heavy atom. The molecule has 2 aliphatic rings. The van der Waals surface area contributed by atoms with E-state index < -0.39 is 0 Å². The van der Waals surface area contributed by atoms with Gasteiger partial charge in [0, 0.05) is 18.6 Å². The van der Waals surface area contributed by atoms with Gasteiger partial charge in [-0.2, -0.15) is 5.26 Å². The van der Waals surface area contributed by atoms with E-state index in [-0.39, 0.29) is 6.10 Å². The van der Waals surface area contributed by atoms with Crippen molar-refractivity contribution in [3.05, 3.63) is 21.6 Å². The van der Waals surface area contributed by atoms with Crippen molar-refractivity contribution >= 4 is 43.2 Å². The van der Waals surface area contributed by atoms with Crippen molar-refractivity contribution in [1.29, 1.82) is 5.26 Å². The van der Waals surface area contributed by atoms with Crippen LogP contribution in [0.1, 0.15) is 43.5 Å². The number of aliphatic hydroxyl groups excluding tert-OH is 1. The van der Waals surface area contributed by atoms with Crippen LogP contribution in [0.15, 0.2) is 16.6 Å². The highest BCUT2D eigenvalue weighted by atomic mass is 79.9. The fourth-order valence-corrected chi connectivity index (χ4v) is 5.73. The molecule has 1 aliphatic heterocycles. The van der Waals surface area contributed by atoms with E-state index in [0.29, 0.717) is 17.1 Å². The van der Waals surface area contributed by atoms with Crippen molar-refractivity contribution in [3.8, 4) is 6.07 Å². The van der Waals surface area contributed by atoms with Crippen molar-refractivity contribution < 1.29 is 5.11 Å². The summed E-state index contributed by atoms with van der Waals surface area (Å²) in [7, 11) is 0. The van der Waals surface area contributed by atoms with E-state index in [1.165, 1.54) is 24.2 Å². The Kier molecular flexibility index (Phi) is 5.46. The van der Waals surface area contributed by atoms with Gasteiger partial charge in [0.15, 0.2) is 5.01 Å². The van der Waals surface area contributed by atoms with Gasteiger partial charge >= 0.3 is 0 Å². The zero-order valence-corrected chi connectivity index (χ0v) is 17.0. The van der Waals surface area contributed by atoms with E-state index in [1.807, 2.05) is 6.07 Å². The highest BCUT2D eigenvalue weighted by Crippen LogP contribution is 2.37. The van der Waals surface area contributed by atoms with Gasteiger partial charge in [0.05, 0.1) is 26.5 Å². The molecule has 2 heterocycles. The third-order valence-corrected chi connectivity index (χ3v) is 7.67. The number of hydrogen-bond donors (Lipinski definition) is 2. The summed E-state index contributed by atoms with van der Waals surface area (Å²) in [6, 6.07) is 7.26. The molecule has 1 saturated carbocycles. The summed E-state index contributed by atoms with van der Waals surface area (Å²) in [4.78, 5) is 6.81. The fraction of sp³-hybridized carbons (Fsp3) is 0.579. The predicted molar refractivity (Wildman–Crippen MR) is 109 cm³/mol. The van der Waals surface area contributed by atoms with Crippen LogP contribution in [0.5, 0.6) is 0 Å². The molecule has 0 unspecified atom stereocenters. The molecular formula is C19H23BrN4OS. The maximum absolute atomic E-state index is 9.91. The number of β-amino-alcohol motifs (C(OH)–C–C–N with tert-alkyl or cyclic N) is 1. The molecule has 1 atom stereocenters. The number of likely N-dealkylation sites (tertiary alicyclic amines) is 1. The number of piperidine rings is 1. The largest absolute Gasteiger partial charge is 0.392 e. The molecule has 5 nitrogen and oxygen atoms in total. The van der Waals surface area contributed by atoms with Crippen molar-refractivity contribution in [2.75, 3.05) is 18.4 Å². The molecule has 1 saturated heterocycles. The lowest BCUT2D eigenvalue weighted by molar-refractivity contribution is 0.0352. The number of nitrogens with zero attached hydrogens (tertiary/aromatic N) is 3. The lowest BCUT2D eigenvalue weighted by atomic mass is 9.89. The van der Waals surface area contributed by atoms with Gasteiger partial charge in [0.1, 0.15) is 6.07 Å². The second kappa shape index (κ2) is 7.81. The minimum absolute atomic E-state index is 0.139. The highest BCUT2D eigenvalue weighted by Gasteiger charge is 2.29. The molecule has 0 amide bonds. The molecule has 2 fully saturated rings. The molecule has 0 spiro atoms. The molecule has 0 bridgehead atoms. The maximum Gasteiger partial charge on any atom is 0.195 e. The Balaban J connectivity index is 1.39. The zero-order chi connectivity index (χ0) is 18.1. The summed E-state index contributed by atoms with van der Waals surface area (Å²) >= 11 is 5.12. The molecule has 1 aliphatic carbocycles. The molecule has 26 heavy (non-hydrogen) atoms. The fourth-order valence-electron chi connectivity index (χ4n) is 4.24. The number of anilines is 1. The van der Waals surface area contributed by atoms with Gasteiger partial charge in [-0.3, -0.25) is 4.90 Å². The van der Waals surface area contributed by atoms with Crippen LogP contribution >= 0.6 is 27.3 Å². The first-order chi connectivity index (χ1) is 12.6. The summed E-state index contributed by atoms with van der Waals surface area (Å²) in [6.45, 7) is 1.98. The SMILES string of the molecule is N#Cc1nc2ccc(NC3CCC(N4CCC[C@H](O)C4)CC3)c(Br)c2s1. The van der Waals surface area contributed by atoms with E-state index >= 15 is 0 Å². The van der Waals surface area contributed by atoms with Gasteiger partial charge in [-0.1, -0.05) is 0 Å². The number of nitrogens with one attached hydrogen (secondary N) is 1. The molecular weight excluding hydrogens is 412 g/mol. The summed E-state index contributed by atoms with van der Waals surface area (Å²) in [5.41, 5.74) is 1.96. The third kappa shape index (κ3) is 3.74. The van der Waals surface area contributed by atoms with Gasteiger partial charge in [-0.25, -0.2) is 4.98 Å². The van der Waals surface area contributed by atoms with Crippen LogP contribution in [0.3, 0.4) is 0 Å². The minimum atomic E-state index is -0.139. The monoisotopic (exact) mass is 434 g/mol. The lowest BCUT2D eigenvalue weighted by Gasteiger charge is -2.40. The average molecular weight is 435 g/mol. The molecule has 0 radical (unpaired) electrons. The van der Waals surface area contributed by atoms with Crippen LogP contribution in [-0.2, 0) is 0 Å². The van der Waals surface area contributed by atoms with E-state index in [4.69, 9.17) is 5.26 Å². The average Bonchev–Trinajstić information content (AvgIpc) is 3.09. The van der Waals surface area contributed by atoms with E-state index in [9.17, 15) is 5.11 Å². The van der Waals surface area contributed by atoms with Crippen molar-refractivity contribution in [1.82, 2.24) is 9.88 Å². The summed E-state index contributed by atoms with van der Waals surface area (Å²) in [6.07, 6.45) is 6.59. The second-order valence-electron chi connectivity index (χ2n) is 7.35. The normalized spacial score (nSPS) is 27.3. The first-order valence-corrected chi connectivity index (χ1v) is 10.9. The minimum Gasteiger partial charge on any atom is -0.392 e. The molecule has 4 rings (SSSR count). The Morgan fingerprint density at radius 1 is 1.27 bits per heavy atom. The van der Waals surface area contributed by atoms with Crippen molar-refractivity contribution in [2.45, 2.75) is 56.7 Å². The quantitative estimate of drug-likeness (QED) is 0.759. The summed E-state index contributed by atoms with van der Waals surface area (Å²) < 4.78 is 2.04. The van der Waals surface area contributed by atoms with Gasteiger partial charge in [0.2, 0.25) is 0 Å². The Morgan fingerprint density at radius 2 is 2.08 bits per heavy atom.